The van der Waals surface area contributed by atoms with Crippen LogP contribution in [-0.4, -0.2) is 54.7 Å². The van der Waals surface area contributed by atoms with Crippen LogP contribution >= 0.6 is 24.0 Å². The van der Waals surface area contributed by atoms with Crippen molar-refractivity contribution in [1.29, 1.82) is 0 Å². The predicted octanol–water partition coefficient (Wildman–Crippen LogP) is 3.07. The van der Waals surface area contributed by atoms with Crippen molar-refractivity contribution in [3.63, 3.8) is 0 Å². The predicted molar refractivity (Wildman–Crippen MR) is 119 cm³/mol. The number of hydrogen-bond acceptors (Lipinski definition) is 3. The van der Waals surface area contributed by atoms with E-state index in [1.807, 2.05) is 19.1 Å². The standard InChI is InChI=1S/C19H27N5O2.HI/c1-3-26-19(25)24-10-8-15(9-11-24)23-18(20-2)21-13-16-12-14-6-4-5-7-17(14)22-16;/h4-7,12,15,22H,3,8-11,13H2,1-2H3,(H2,20,21,23);1H. The fraction of sp³-hybridized carbons (Fsp3) is 0.474. The number of carbonyl (C=O) groups is 1. The summed E-state index contributed by atoms with van der Waals surface area (Å²) in [6.45, 7) is 4.33. The minimum absolute atomic E-state index is 0. The van der Waals surface area contributed by atoms with Crippen LogP contribution in [0.5, 0.6) is 0 Å². The third-order valence-corrected chi connectivity index (χ3v) is 4.62. The van der Waals surface area contributed by atoms with Crippen LogP contribution in [0.3, 0.4) is 0 Å². The molecular formula is C19H28IN5O2. The number of H-pyrrole nitrogens is 1. The molecule has 0 bridgehead atoms. The van der Waals surface area contributed by atoms with E-state index in [1.165, 1.54) is 5.39 Å². The monoisotopic (exact) mass is 485 g/mol. The van der Waals surface area contributed by atoms with Gasteiger partial charge in [0.1, 0.15) is 0 Å². The average Bonchev–Trinajstić information content (AvgIpc) is 3.08. The minimum atomic E-state index is -0.215. The van der Waals surface area contributed by atoms with Crippen molar-refractivity contribution in [3.05, 3.63) is 36.0 Å². The maximum absolute atomic E-state index is 11.8. The summed E-state index contributed by atoms with van der Waals surface area (Å²) in [5.41, 5.74) is 2.25. The molecule has 0 aliphatic carbocycles. The number of amides is 1. The number of benzene rings is 1. The van der Waals surface area contributed by atoms with Crippen LogP contribution in [0, 0.1) is 0 Å². The zero-order valence-electron chi connectivity index (χ0n) is 15.8. The van der Waals surface area contributed by atoms with Gasteiger partial charge in [0.2, 0.25) is 0 Å². The molecule has 7 nitrogen and oxygen atoms in total. The second-order valence-electron chi connectivity index (χ2n) is 6.41. The van der Waals surface area contributed by atoms with Gasteiger partial charge >= 0.3 is 6.09 Å². The highest BCUT2D eigenvalue weighted by atomic mass is 127. The summed E-state index contributed by atoms with van der Waals surface area (Å²) in [7, 11) is 1.77. The molecule has 1 aromatic heterocycles. The van der Waals surface area contributed by atoms with E-state index < -0.39 is 0 Å². The lowest BCUT2D eigenvalue weighted by Gasteiger charge is -2.32. The van der Waals surface area contributed by atoms with Crippen LogP contribution < -0.4 is 10.6 Å². The van der Waals surface area contributed by atoms with Gasteiger partial charge in [-0.05, 0) is 37.3 Å². The van der Waals surface area contributed by atoms with E-state index in [-0.39, 0.29) is 30.1 Å². The van der Waals surface area contributed by atoms with Gasteiger partial charge in [-0.3, -0.25) is 4.99 Å². The molecule has 8 heteroatoms. The quantitative estimate of drug-likeness (QED) is 0.353. The smallest absolute Gasteiger partial charge is 0.409 e. The number of likely N-dealkylation sites (tertiary alicyclic amines) is 1. The number of aromatic nitrogens is 1. The Bertz CT molecular complexity index is 735. The largest absolute Gasteiger partial charge is 0.450 e. The Morgan fingerprint density at radius 3 is 2.74 bits per heavy atom. The number of fused-ring (bicyclic) bond motifs is 1. The molecule has 0 unspecified atom stereocenters. The number of piperidine rings is 1. The van der Waals surface area contributed by atoms with Gasteiger partial charge < -0.3 is 25.3 Å². The van der Waals surface area contributed by atoms with Crippen LogP contribution in [-0.2, 0) is 11.3 Å². The van der Waals surface area contributed by atoms with Crippen LogP contribution in [0.25, 0.3) is 10.9 Å². The number of hydrogen-bond donors (Lipinski definition) is 3. The van der Waals surface area contributed by atoms with Crippen LogP contribution in [0.2, 0.25) is 0 Å². The van der Waals surface area contributed by atoms with E-state index in [0.29, 0.717) is 32.3 Å². The highest BCUT2D eigenvalue weighted by Gasteiger charge is 2.24. The number of carbonyl (C=O) groups excluding carboxylic acids is 1. The molecule has 1 aliphatic heterocycles. The molecule has 3 N–H and O–H groups in total. The van der Waals surface area contributed by atoms with Crippen molar-refractivity contribution in [2.24, 2.45) is 4.99 Å². The number of rotatable bonds is 4. The molecule has 2 aromatic rings. The van der Waals surface area contributed by atoms with E-state index in [1.54, 1.807) is 11.9 Å². The number of aliphatic imine (C=N–C) groups is 1. The molecule has 27 heavy (non-hydrogen) atoms. The number of para-hydroxylation sites is 1. The topological polar surface area (TPSA) is 81.8 Å². The molecule has 0 spiro atoms. The summed E-state index contributed by atoms with van der Waals surface area (Å²) >= 11 is 0. The van der Waals surface area contributed by atoms with Gasteiger partial charge in [0.25, 0.3) is 0 Å². The molecule has 148 valence electrons. The van der Waals surface area contributed by atoms with Gasteiger partial charge in [0.15, 0.2) is 5.96 Å². The first kappa shape index (κ1) is 21.3. The molecule has 0 atom stereocenters. The van der Waals surface area contributed by atoms with Crippen molar-refractivity contribution in [2.45, 2.75) is 32.4 Å². The number of nitrogens with zero attached hydrogens (tertiary/aromatic N) is 2. The normalized spacial score (nSPS) is 15.3. The molecular weight excluding hydrogens is 457 g/mol. The number of ether oxygens (including phenoxy) is 1. The van der Waals surface area contributed by atoms with Crippen molar-refractivity contribution in [1.82, 2.24) is 20.5 Å². The van der Waals surface area contributed by atoms with E-state index >= 15 is 0 Å². The van der Waals surface area contributed by atoms with E-state index in [2.05, 4.69) is 38.8 Å². The number of guanidine groups is 1. The summed E-state index contributed by atoms with van der Waals surface area (Å²) in [5, 5.41) is 8.00. The molecule has 1 saturated heterocycles. The highest BCUT2D eigenvalue weighted by Crippen LogP contribution is 2.14. The summed E-state index contributed by atoms with van der Waals surface area (Å²) < 4.78 is 5.06. The first-order chi connectivity index (χ1) is 12.7. The molecule has 1 fully saturated rings. The molecule has 2 heterocycles. The van der Waals surface area contributed by atoms with Gasteiger partial charge in [0, 0.05) is 37.4 Å². The van der Waals surface area contributed by atoms with Crippen LogP contribution in [0.1, 0.15) is 25.5 Å². The molecule has 0 radical (unpaired) electrons. The average molecular weight is 485 g/mol. The maximum atomic E-state index is 11.8. The molecule has 1 aromatic carbocycles. The van der Waals surface area contributed by atoms with Gasteiger partial charge in [0.05, 0.1) is 13.2 Å². The van der Waals surface area contributed by atoms with Gasteiger partial charge in [-0.1, -0.05) is 18.2 Å². The van der Waals surface area contributed by atoms with Gasteiger partial charge in [-0.25, -0.2) is 4.79 Å². The lowest BCUT2D eigenvalue weighted by Crippen LogP contribution is -2.49. The fourth-order valence-corrected chi connectivity index (χ4v) is 3.22. The van der Waals surface area contributed by atoms with E-state index in [4.69, 9.17) is 4.74 Å². The zero-order valence-corrected chi connectivity index (χ0v) is 18.2. The third-order valence-electron chi connectivity index (χ3n) is 4.62. The maximum Gasteiger partial charge on any atom is 0.409 e. The first-order valence-corrected chi connectivity index (χ1v) is 9.15. The Labute approximate surface area is 177 Å². The number of halogens is 1. The Kier molecular flexibility index (Phi) is 8.21. The first-order valence-electron chi connectivity index (χ1n) is 9.15. The molecule has 1 aliphatic rings. The van der Waals surface area contributed by atoms with Crippen molar-refractivity contribution < 1.29 is 9.53 Å². The van der Waals surface area contributed by atoms with Gasteiger partial charge in [-0.2, -0.15) is 0 Å². The second-order valence-corrected chi connectivity index (χ2v) is 6.41. The molecule has 1 amide bonds. The fourth-order valence-electron chi connectivity index (χ4n) is 3.22. The summed E-state index contributed by atoms with van der Waals surface area (Å²) in [5.74, 6) is 0.776. The minimum Gasteiger partial charge on any atom is -0.450 e. The zero-order chi connectivity index (χ0) is 18.4. The summed E-state index contributed by atoms with van der Waals surface area (Å²) in [4.78, 5) is 21.2. The van der Waals surface area contributed by atoms with Gasteiger partial charge in [-0.15, -0.1) is 24.0 Å². The van der Waals surface area contributed by atoms with Crippen LogP contribution in [0.4, 0.5) is 4.79 Å². The van der Waals surface area contributed by atoms with E-state index in [9.17, 15) is 4.79 Å². The van der Waals surface area contributed by atoms with E-state index in [0.717, 1.165) is 30.0 Å². The lowest BCUT2D eigenvalue weighted by atomic mass is 10.1. The summed E-state index contributed by atoms with van der Waals surface area (Å²) in [6.07, 6.45) is 1.55. The Balaban J connectivity index is 0.00000261. The Morgan fingerprint density at radius 2 is 2.07 bits per heavy atom. The molecule has 3 rings (SSSR count). The van der Waals surface area contributed by atoms with Crippen molar-refractivity contribution >= 4 is 46.9 Å². The van der Waals surface area contributed by atoms with Crippen molar-refractivity contribution in [2.75, 3.05) is 26.7 Å². The Hall–Kier alpha value is -1.97. The second kappa shape index (κ2) is 10.4. The molecule has 0 saturated carbocycles. The van der Waals surface area contributed by atoms with Crippen molar-refractivity contribution in [3.8, 4) is 0 Å². The SMILES string of the molecule is CCOC(=O)N1CCC(NC(=NC)NCc2cc3ccccc3[nH]2)CC1.I. The third kappa shape index (κ3) is 5.75. The lowest BCUT2D eigenvalue weighted by molar-refractivity contribution is 0.0963. The number of aromatic amines is 1. The number of nitrogens with one attached hydrogen (secondary N) is 3. The highest BCUT2D eigenvalue weighted by molar-refractivity contribution is 14.0. The Morgan fingerprint density at radius 1 is 1.33 bits per heavy atom. The van der Waals surface area contributed by atoms with Crippen LogP contribution in [0.15, 0.2) is 35.3 Å². The summed E-state index contributed by atoms with van der Waals surface area (Å²) in [6, 6.07) is 10.7.